The van der Waals surface area contributed by atoms with E-state index in [4.69, 9.17) is 20.7 Å². The molecule has 0 aliphatic carbocycles. The van der Waals surface area contributed by atoms with Crippen molar-refractivity contribution < 1.29 is 4.79 Å². The summed E-state index contributed by atoms with van der Waals surface area (Å²) >= 11 is 1.23. The maximum Gasteiger partial charge on any atom is 0.265 e. The van der Waals surface area contributed by atoms with E-state index in [0.717, 1.165) is 67.4 Å². The number of nitrogens with one attached hydrogen (secondary N) is 2. The quantitative estimate of drug-likeness (QED) is 0.324. The van der Waals surface area contributed by atoms with E-state index in [9.17, 15) is 4.79 Å². The van der Waals surface area contributed by atoms with Crippen molar-refractivity contribution >= 4 is 29.5 Å². The van der Waals surface area contributed by atoms with Crippen molar-refractivity contribution in [1.29, 1.82) is 0 Å². The van der Waals surface area contributed by atoms with Crippen LogP contribution in [0.25, 0.3) is 0 Å². The van der Waals surface area contributed by atoms with Crippen LogP contribution in [0.3, 0.4) is 0 Å². The summed E-state index contributed by atoms with van der Waals surface area (Å²) in [5, 5.41) is 4.38. The van der Waals surface area contributed by atoms with Gasteiger partial charge in [0.05, 0.1) is 17.3 Å². The minimum absolute atomic E-state index is 0.00959. The number of aromatic nitrogens is 3. The van der Waals surface area contributed by atoms with E-state index in [1.165, 1.54) is 11.9 Å². The lowest BCUT2D eigenvalue weighted by molar-refractivity contribution is 0.0984. The fourth-order valence-electron chi connectivity index (χ4n) is 5.90. The molecule has 4 N–H and O–H groups in total. The molecule has 8 nitrogen and oxygen atoms in total. The number of nitrogens with zero attached hydrogens (tertiary/aromatic N) is 4. The molecule has 1 amide bonds. The Hall–Kier alpha value is -3.17. The minimum Gasteiger partial charge on any atom is -0.362 e. The summed E-state index contributed by atoms with van der Waals surface area (Å²) in [6.07, 6.45) is 4.74. The van der Waals surface area contributed by atoms with E-state index in [2.05, 4.69) is 67.8 Å². The monoisotopic (exact) mass is 573 g/mol. The number of rotatable bonds is 4. The molecule has 2 unspecified atom stereocenters. The Bertz CT molecular complexity index is 1390. The van der Waals surface area contributed by atoms with Gasteiger partial charge in [-0.2, -0.15) is 0 Å². The van der Waals surface area contributed by atoms with Gasteiger partial charge in [-0.25, -0.2) is 9.97 Å². The molecule has 5 heterocycles. The molecule has 1 fully saturated rings. The Balaban J connectivity index is 1.52. The normalized spacial score (nSPS) is 20.8. The number of carbonyl (C=O) groups excluding carboxylic acids is 1. The number of hydrogen-bond acceptors (Lipinski definition) is 8. The van der Waals surface area contributed by atoms with Gasteiger partial charge < -0.3 is 16.0 Å². The number of hydrogen-bond donors (Lipinski definition) is 3. The van der Waals surface area contributed by atoms with Crippen molar-refractivity contribution in [2.45, 2.75) is 88.7 Å². The van der Waals surface area contributed by atoms with Crippen LogP contribution in [0.15, 0.2) is 53.6 Å². The highest BCUT2D eigenvalue weighted by atomic mass is 32.2. The molecule has 0 radical (unpaired) electrons. The first-order valence-electron chi connectivity index (χ1n) is 14.7. The molecule has 0 aromatic carbocycles. The van der Waals surface area contributed by atoms with E-state index in [1.54, 1.807) is 0 Å². The van der Waals surface area contributed by atoms with Gasteiger partial charge in [-0.3, -0.25) is 14.5 Å². The largest absolute Gasteiger partial charge is 0.362 e. The molecule has 4 bridgehead atoms. The van der Waals surface area contributed by atoms with Crippen molar-refractivity contribution in [2.24, 2.45) is 11.7 Å². The molecule has 2 atom stereocenters. The number of nitrogens with two attached hydrogens (primary N) is 1. The van der Waals surface area contributed by atoms with Gasteiger partial charge in [0.15, 0.2) is 0 Å². The molecule has 2 aliphatic rings. The van der Waals surface area contributed by atoms with Crippen LogP contribution < -0.4 is 20.7 Å². The lowest BCUT2D eigenvalue weighted by Crippen LogP contribution is -2.40. The van der Waals surface area contributed by atoms with Crippen molar-refractivity contribution in [3.8, 4) is 0 Å². The Morgan fingerprint density at radius 2 is 1.85 bits per heavy atom. The van der Waals surface area contributed by atoms with Crippen molar-refractivity contribution in [3.05, 3.63) is 71.2 Å². The third kappa shape index (κ3) is 6.84. The Labute approximate surface area is 248 Å². The zero-order valence-electron chi connectivity index (χ0n) is 24.9. The van der Waals surface area contributed by atoms with Gasteiger partial charge in [0.25, 0.3) is 5.91 Å². The summed E-state index contributed by atoms with van der Waals surface area (Å²) in [5.41, 5.74) is 9.16. The predicted octanol–water partition coefficient (Wildman–Crippen LogP) is 6.05. The van der Waals surface area contributed by atoms with E-state index in [0.29, 0.717) is 23.1 Å². The van der Waals surface area contributed by atoms with E-state index in [-0.39, 0.29) is 22.9 Å². The second kappa shape index (κ2) is 12.0. The van der Waals surface area contributed by atoms with E-state index in [1.807, 2.05) is 30.3 Å². The zero-order valence-corrected chi connectivity index (χ0v) is 25.7. The molecule has 0 saturated carbocycles. The van der Waals surface area contributed by atoms with E-state index >= 15 is 0 Å². The number of amides is 1. The number of carbonyl (C=O) groups is 1. The van der Waals surface area contributed by atoms with Crippen LogP contribution in [-0.4, -0.2) is 39.5 Å². The first kappa shape index (κ1) is 29.3. The van der Waals surface area contributed by atoms with Gasteiger partial charge in [0.2, 0.25) is 0 Å². The van der Waals surface area contributed by atoms with Crippen molar-refractivity contribution in [2.75, 3.05) is 23.3 Å². The summed E-state index contributed by atoms with van der Waals surface area (Å²) < 4.78 is 3.03. The Morgan fingerprint density at radius 1 is 1.05 bits per heavy atom. The van der Waals surface area contributed by atoms with Crippen molar-refractivity contribution in [1.82, 2.24) is 19.7 Å². The van der Waals surface area contributed by atoms with E-state index < -0.39 is 0 Å². The van der Waals surface area contributed by atoms with Gasteiger partial charge in [-0.05, 0) is 94.8 Å². The molecule has 2 aliphatic heterocycles. The highest BCUT2D eigenvalue weighted by molar-refractivity contribution is 7.97. The third-order valence-corrected chi connectivity index (χ3v) is 8.81. The Morgan fingerprint density at radius 3 is 2.63 bits per heavy atom. The fourth-order valence-corrected chi connectivity index (χ4v) is 6.50. The summed E-state index contributed by atoms with van der Waals surface area (Å²) in [5.74, 6) is 1.82. The van der Waals surface area contributed by atoms with Gasteiger partial charge in [-0.15, -0.1) is 0 Å². The molecule has 3 aromatic heterocycles. The van der Waals surface area contributed by atoms with Crippen LogP contribution in [0, 0.1) is 5.92 Å². The standard InChI is InChI=1S/C32H43N7OS/c1-31(2,3)26-17-15-23-29(36-26)39-20-21(19-32(39,4)5)14-16-25(24-11-6-9-22(34-24)10-8-18-33)35-27-12-7-13-28(37-27)41-38-30(23)40/h6-7,9,11-13,15,17,21,25H,8,10,14,16,18-20,33H2,1-5H3,(H,35,37)(H,38,40). The number of aryl methyl sites for hydroxylation is 1. The van der Waals surface area contributed by atoms with Gasteiger partial charge >= 0.3 is 0 Å². The first-order chi connectivity index (χ1) is 19.5. The van der Waals surface area contributed by atoms with Gasteiger partial charge in [0.1, 0.15) is 16.7 Å². The smallest absolute Gasteiger partial charge is 0.265 e. The fraction of sp³-hybridized carbons (Fsp3) is 0.500. The van der Waals surface area contributed by atoms with Crippen molar-refractivity contribution in [3.63, 3.8) is 0 Å². The summed E-state index contributed by atoms with van der Waals surface area (Å²) in [4.78, 5) is 30.9. The van der Waals surface area contributed by atoms with Crippen LogP contribution in [0.1, 0.15) is 93.8 Å². The molecular formula is C32H43N7OS. The molecule has 9 heteroatoms. The molecule has 3 aromatic rings. The predicted molar refractivity (Wildman–Crippen MR) is 167 cm³/mol. The summed E-state index contributed by atoms with van der Waals surface area (Å²) in [7, 11) is 0. The topological polar surface area (TPSA) is 109 Å². The summed E-state index contributed by atoms with van der Waals surface area (Å²) in [6, 6.07) is 16.1. The molecular weight excluding hydrogens is 530 g/mol. The molecule has 218 valence electrons. The molecule has 41 heavy (non-hydrogen) atoms. The number of pyridine rings is 3. The van der Waals surface area contributed by atoms with Crippen LogP contribution >= 0.6 is 11.9 Å². The number of anilines is 2. The van der Waals surface area contributed by atoms with Gasteiger partial charge in [-0.1, -0.05) is 32.9 Å². The maximum atomic E-state index is 13.6. The SMILES string of the molecule is CC(C)(C)c1ccc2c(n1)N1CC(CCC(c3cccc(CCCN)n3)Nc3cccc(n3)SNC2=O)CC1(C)C. The highest BCUT2D eigenvalue weighted by Crippen LogP contribution is 2.41. The van der Waals surface area contributed by atoms with Crippen LogP contribution in [0.5, 0.6) is 0 Å². The Kier molecular flexibility index (Phi) is 8.57. The van der Waals surface area contributed by atoms with Crippen LogP contribution in [-0.2, 0) is 11.8 Å². The third-order valence-electron chi connectivity index (χ3n) is 8.08. The lowest BCUT2D eigenvalue weighted by atomic mass is 9.90. The maximum absolute atomic E-state index is 13.6. The van der Waals surface area contributed by atoms with Crippen LogP contribution in [0.4, 0.5) is 11.6 Å². The number of fused-ring (bicyclic) bond motifs is 6. The average molecular weight is 574 g/mol. The second-order valence-corrected chi connectivity index (χ2v) is 13.8. The first-order valence-corrected chi connectivity index (χ1v) is 15.5. The minimum atomic E-state index is -0.163. The lowest BCUT2D eigenvalue weighted by Gasteiger charge is -2.34. The highest BCUT2D eigenvalue weighted by Gasteiger charge is 2.41. The van der Waals surface area contributed by atoms with Crippen LogP contribution in [0.2, 0.25) is 0 Å². The molecule has 5 rings (SSSR count). The average Bonchev–Trinajstić information content (AvgIpc) is 3.25. The zero-order chi connectivity index (χ0) is 29.2. The second-order valence-electron chi connectivity index (χ2n) is 12.9. The summed E-state index contributed by atoms with van der Waals surface area (Å²) in [6.45, 7) is 12.5. The molecule has 1 saturated heterocycles. The molecule has 0 spiro atoms. The van der Waals surface area contributed by atoms with Gasteiger partial charge in [0, 0.05) is 40.8 Å².